The van der Waals surface area contributed by atoms with Crippen LogP contribution in [0.15, 0.2) is 70.4 Å². The van der Waals surface area contributed by atoms with Crippen molar-refractivity contribution in [1.29, 1.82) is 0 Å². The van der Waals surface area contributed by atoms with Crippen LogP contribution in [0.5, 0.6) is 0 Å². The maximum atomic E-state index is 13.3. The van der Waals surface area contributed by atoms with E-state index in [0.717, 1.165) is 16.7 Å². The van der Waals surface area contributed by atoms with Crippen LogP contribution in [-0.2, 0) is 17.9 Å². The summed E-state index contributed by atoms with van der Waals surface area (Å²) in [7, 11) is 0. The quantitative estimate of drug-likeness (QED) is 0.745. The summed E-state index contributed by atoms with van der Waals surface area (Å²) < 4.78 is 28.4. The fraction of sp³-hybridized carbons (Fsp3) is 0.105. The third-order valence-electron chi connectivity index (χ3n) is 3.79. The number of benzene rings is 2. The predicted octanol–water partition coefficient (Wildman–Crippen LogP) is 1.98. The molecule has 0 aliphatic heterocycles. The number of rotatable bonds is 5. The fourth-order valence-electron chi connectivity index (χ4n) is 2.57. The zero-order valence-electron chi connectivity index (χ0n) is 14.1. The molecule has 0 bridgehead atoms. The summed E-state index contributed by atoms with van der Waals surface area (Å²) in [6.07, 6.45) is 1.29. The molecule has 3 aromatic rings. The lowest BCUT2D eigenvalue weighted by Gasteiger charge is -2.10. The SMILES string of the molecule is O=C(Cn1c(=O)ccn(Cc2cccc(F)c2)c1=O)Nc1cccc(F)c1. The van der Waals surface area contributed by atoms with Crippen molar-refractivity contribution in [3.63, 3.8) is 0 Å². The van der Waals surface area contributed by atoms with Gasteiger partial charge in [-0.25, -0.2) is 13.6 Å². The van der Waals surface area contributed by atoms with Gasteiger partial charge in [-0.15, -0.1) is 0 Å². The molecule has 1 amide bonds. The normalized spacial score (nSPS) is 10.6. The third kappa shape index (κ3) is 4.55. The van der Waals surface area contributed by atoms with Gasteiger partial charge in [-0.2, -0.15) is 0 Å². The molecule has 0 unspecified atom stereocenters. The van der Waals surface area contributed by atoms with E-state index in [2.05, 4.69) is 5.32 Å². The second-order valence-corrected chi connectivity index (χ2v) is 5.84. The Labute approximate surface area is 152 Å². The molecule has 0 aliphatic rings. The maximum Gasteiger partial charge on any atom is 0.331 e. The van der Waals surface area contributed by atoms with E-state index in [1.807, 2.05) is 0 Å². The second kappa shape index (κ2) is 7.77. The lowest BCUT2D eigenvalue weighted by atomic mass is 10.2. The predicted molar refractivity (Wildman–Crippen MR) is 95.5 cm³/mol. The van der Waals surface area contributed by atoms with Crippen molar-refractivity contribution >= 4 is 11.6 Å². The van der Waals surface area contributed by atoms with Crippen LogP contribution in [0.2, 0.25) is 0 Å². The smallest absolute Gasteiger partial charge is 0.324 e. The minimum Gasteiger partial charge on any atom is -0.324 e. The first-order valence-corrected chi connectivity index (χ1v) is 8.02. The second-order valence-electron chi connectivity index (χ2n) is 5.84. The van der Waals surface area contributed by atoms with Crippen molar-refractivity contribution in [2.75, 3.05) is 5.32 Å². The standard InChI is InChI=1S/C19H15F2N3O3/c20-14-4-1-3-13(9-14)11-23-8-7-18(26)24(19(23)27)12-17(25)22-16-6-2-5-15(21)10-16/h1-10H,11-12H2,(H,22,25). The maximum absolute atomic E-state index is 13.3. The van der Waals surface area contributed by atoms with Gasteiger partial charge < -0.3 is 5.32 Å². The summed E-state index contributed by atoms with van der Waals surface area (Å²) in [5, 5.41) is 2.43. The molecule has 0 radical (unpaired) electrons. The first-order valence-electron chi connectivity index (χ1n) is 8.02. The van der Waals surface area contributed by atoms with Crippen LogP contribution in [-0.4, -0.2) is 15.0 Å². The molecule has 8 heteroatoms. The Bertz CT molecular complexity index is 1110. The van der Waals surface area contributed by atoms with Crippen molar-refractivity contribution in [3.8, 4) is 0 Å². The van der Waals surface area contributed by atoms with E-state index in [4.69, 9.17) is 0 Å². The molecule has 27 heavy (non-hydrogen) atoms. The first-order chi connectivity index (χ1) is 12.9. The van der Waals surface area contributed by atoms with Gasteiger partial charge in [0.15, 0.2) is 0 Å². The Morgan fingerprint density at radius 1 is 0.963 bits per heavy atom. The van der Waals surface area contributed by atoms with Crippen LogP contribution >= 0.6 is 0 Å². The molecule has 0 atom stereocenters. The van der Waals surface area contributed by atoms with Crippen LogP contribution in [0.3, 0.4) is 0 Å². The Hall–Kier alpha value is -3.55. The number of nitrogens with zero attached hydrogens (tertiary/aromatic N) is 2. The minimum atomic E-state index is -0.707. The molecule has 1 aromatic heterocycles. The molecule has 1 heterocycles. The molecular weight excluding hydrogens is 356 g/mol. The molecule has 0 fully saturated rings. The van der Waals surface area contributed by atoms with E-state index in [1.165, 1.54) is 47.2 Å². The summed E-state index contributed by atoms with van der Waals surface area (Å²) >= 11 is 0. The van der Waals surface area contributed by atoms with Gasteiger partial charge in [0.2, 0.25) is 5.91 Å². The van der Waals surface area contributed by atoms with Crippen molar-refractivity contribution in [2.24, 2.45) is 0 Å². The number of halogens is 2. The molecule has 1 N–H and O–H groups in total. The molecule has 0 aliphatic carbocycles. The Morgan fingerprint density at radius 3 is 2.37 bits per heavy atom. The Kier molecular flexibility index (Phi) is 5.25. The summed E-state index contributed by atoms with van der Waals surface area (Å²) in [6, 6.07) is 12.1. The van der Waals surface area contributed by atoms with Crippen molar-refractivity contribution in [1.82, 2.24) is 9.13 Å². The van der Waals surface area contributed by atoms with E-state index in [9.17, 15) is 23.2 Å². The average Bonchev–Trinajstić information content (AvgIpc) is 2.61. The van der Waals surface area contributed by atoms with Crippen LogP contribution in [0.25, 0.3) is 0 Å². The highest BCUT2D eigenvalue weighted by atomic mass is 19.1. The molecule has 138 valence electrons. The lowest BCUT2D eigenvalue weighted by Crippen LogP contribution is -2.41. The lowest BCUT2D eigenvalue weighted by molar-refractivity contribution is -0.116. The van der Waals surface area contributed by atoms with Gasteiger partial charge in [-0.05, 0) is 35.9 Å². The molecule has 0 saturated heterocycles. The van der Waals surface area contributed by atoms with E-state index in [-0.39, 0.29) is 12.2 Å². The molecule has 3 rings (SSSR count). The number of amides is 1. The van der Waals surface area contributed by atoms with Gasteiger partial charge in [0, 0.05) is 18.0 Å². The van der Waals surface area contributed by atoms with Gasteiger partial charge in [-0.1, -0.05) is 18.2 Å². The van der Waals surface area contributed by atoms with Crippen LogP contribution in [0, 0.1) is 11.6 Å². The number of nitrogens with one attached hydrogen (secondary N) is 1. The molecule has 0 spiro atoms. The number of hydrogen-bond donors (Lipinski definition) is 1. The van der Waals surface area contributed by atoms with Gasteiger partial charge in [0.05, 0.1) is 6.54 Å². The van der Waals surface area contributed by atoms with Gasteiger partial charge in [-0.3, -0.25) is 18.7 Å². The minimum absolute atomic E-state index is 0.0440. The zero-order chi connectivity index (χ0) is 19.4. The summed E-state index contributed by atoms with van der Waals surface area (Å²) in [5.74, 6) is -1.62. The Balaban J connectivity index is 1.82. The number of hydrogen-bond acceptors (Lipinski definition) is 3. The monoisotopic (exact) mass is 371 g/mol. The number of anilines is 1. The molecule has 0 saturated carbocycles. The summed E-state index contributed by atoms with van der Waals surface area (Å²) in [6.45, 7) is -0.486. The molecule has 2 aromatic carbocycles. The van der Waals surface area contributed by atoms with Crippen molar-refractivity contribution in [2.45, 2.75) is 13.1 Å². The van der Waals surface area contributed by atoms with Crippen LogP contribution in [0.4, 0.5) is 14.5 Å². The van der Waals surface area contributed by atoms with Crippen molar-refractivity contribution in [3.05, 3.63) is 98.8 Å². The van der Waals surface area contributed by atoms with Crippen LogP contribution in [0.1, 0.15) is 5.56 Å². The first kappa shape index (κ1) is 18.2. The summed E-state index contributed by atoms with van der Waals surface area (Å²) in [4.78, 5) is 36.6. The zero-order valence-corrected chi connectivity index (χ0v) is 14.1. The number of aromatic nitrogens is 2. The molecule has 6 nitrogen and oxygen atoms in total. The van der Waals surface area contributed by atoms with Gasteiger partial charge in [0.1, 0.15) is 18.2 Å². The van der Waals surface area contributed by atoms with E-state index in [0.29, 0.717) is 5.56 Å². The van der Waals surface area contributed by atoms with Gasteiger partial charge >= 0.3 is 5.69 Å². The van der Waals surface area contributed by atoms with E-state index >= 15 is 0 Å². The molecular formula is C19H15F2N3O3. The largest absolute Gasteiger partial charge is 0.331 e. The third-order valence-corrected chi connectivity index (χ3v) is 3.79. The van der Waals surface area contributed by atoms with Crippen LogP contribution < -0.4 is 16.6 Å². The van der Waals surface area contributed by atoms with E-state index in [1.54, 1.807) is 6.07 Å². The highest BCUT2D eigenvalue weighted by Crippen LogP contribution is 2.09. The highest BCUT2D eigenvalue weighted by molar-refractivity contribution is 5.90. The topological polar surface area (TPSA) is 73.1 Å². The average molecular weight is 371 g/mol. The van der Waals surface area contributed by atoms with E-state index < -0.39 is 35.3 Å². The number of carbonyl (C=O) groups excluding carboxylic acids is 1. The van der Waals surface area contributed by atoms with Gasteiger partial charge in [0.25, 0.3) is 5.56 Å². The fourth-order valence-corrected chi connectivity index (χ4v) is 2.57. The highest BCUT2D eigenvalue weighted by Gasteiger charge is 2.11. The Morgan fingerprint density at radius 2 is 1.67 bits per heavy atom. The number of carbonyl (C=O) groups is 1. The van der Waals surface area contributed by atoms with Crippen molar-refractivity contribution < 1.29 is 13.6 Å². The summed E-state index contributed by atoms with van der Waals surface area (Å²) in [5.41, 5.74) is -0.610.